The van der Waals surface area contributed by atoms with E-state index in [9.17, 15) is 27.6 Å². The number of benzene rings is 2. The Bertz CT molecular complexity index is 1060. The molecular formula is C23H23F3N2O6. The van der Waals surface area contributed by atoms with Crippen molar-refractivity contribution in [3.05, 3.63) is 53.6 Å². The van der Waals surface area contributed by atoms with Crippen molar-refractivity contribution in [3.8, 4) is 5.75 Å². The van der Waals surface area contributed by atoms with Crippen LogP contribution in [0.1, 0.15) is 28.8 Å². The zero-order valence-corrected chi connectivity index (χ0v) is 18.3. The van der Waals surface area contributed by atoms with Gasteiger partial charge in [0.2, 0.25) is 5.91 Å². The molecule has 2 amide bonds. The summed E-state index contributed by atoms with van der Waals surface area (Å²) >= 11 is 0. The Morgan fingerprint density at radius 1 is 1.12 bits per heavy atom. The van der Waals surface area contributed by atoms with Crippen molar-refractivity contribution in [2.75, 3.05) is 43.7 Å². The van der Waals surface area contributed by atoms with Crippen molar-refractivity contribution >= 4 is 29.2 Å². The van der Waals surface area contributed by atoms with E-state index in [-0.39, 0.29) is 36.1 Å². The lowest BCUT2D eigenvalue weighted by Crippen LogP contribution is -2.24. The SMILES string of the molecule is COCCOc1ccc(C(F)(F)F)cc1NC(=O)COC(=O)c1cccc(N2CCCC2=O)c1. The fourth-order valence-corrected chi connectivity index (χ4v) is 3.29. The standard InChI is InChI=1S/C23H23F3N2O6/c1-32-10-11-33-19-8-7-16(23(24,25)26)13-18(19)27-20(29)14-34-22(31)15-4-2-5-17(12-15)28-9-3-6-21(28)30/h2,4-5,7-8,12-13H,3,6,9-11,14H2,1H3,(H,27,29). The van der Waals surface area contributed by atoms with Crippen molar-refractivity contribution in [3.63, 3.8) is 0 Å². The summed E-state index contributed by atoms with van der Waals surface area (Å²) in [5, 5.41) is 2.28. The third-order valence-electron chi connectivity index (χ3n) is 4.93. The van der Waals surface area contributed by atoms with Gasteiger partial charge in [-0.1, -0.05) is 6.07 Å². The number of esters is 1. The second-order valence-corrected chi connectivity index (χ2v) is 7.37. The highest BCUT2D eigenvalue weighted by molar-refractivity contribution is 5.99. The molecule has 0 atom stereocenters. The quantitative estimate of drug-likeness (QED) is 0.435. The second-order valence-electron chi connectivity index (χ2n) is 7.37. The number of halogens is 3. The predicted molar refractivity (Wildman–Crippen MR) is 116 cm³/mol. The van der Waals surface area contributed by atoms with Gasteiger partial charge >= 0.3 is 12.1 Å². The first kappa shape index (κ1) is 25.0. The van der Waals surface area contributed by atoms with Crippen LogP contribution in [0.2, 0.25) is 0 Å². The highest BCUT2D eigenvalue weighted by Crippen LogP contribution is 2.35. The molecule has 2 aromatic carbocycles. The minimum Gasteiger partial charge on any atom is -0.489 e. The first-order valence-electron chi connectivity index (χ1n) is 10.4. The first-order valence-corrected chi connectivity index (χ1v) is 10.4. The van der Waals surface area contributed by atoms with E-state index in [2.05, 4.69) is 5.32 Å². The van der Waals surface area contributed by atoms with Crippen LogP contribution in [0.15, 0.2) is 42.5 Å². The average Bonchev–Trinajstić information content (AvgIpc) is 3.23. The number of anilines is 2. The van der Waals surface area contributed by atoms with Gasteiger partial charge in [-0.15, -0.1) is 0 Å². The number of carbonyl (C=O) groups is 3. The van der Waals surface area contributed by atoms with Crippen molar-refractivity contribution in [1.29, 1.82) is 0 Å². The molecule has 1 aliphatic rings. The monoisotopic (exact) mass is 480 g/mol. The van der Waals surface area contributed by atoms with Crippen LogP contribution >= 0.6 is 0 Å². The van der Waals surface area contributed by atoms with Gasteiger partial charge in [-0.3, -0.25) is 9.59 Å². The van der Waals surface area contributed by atoms with Crippen molar-refractivity contribution in [2.45, 2.75) is 19.0 Å². The van der Waals surface area contributed by atoms with E-state index in [0.29, 0.717) is 18.7 Å². The van der Waals surface area contributed by atoms with Gasteiger partial charge < -0.3 is 24.4 Å². The molecule has 0 saturated carbocycles. The summed E-state index contributed by atoms with van der Waals surface area (Å²) in [6.07, 6.45) is -3.47. The molecule has 1 fully saturated rings. The van der Waals surface area contributed by atoms with E-state index in [1.807, 2.05) is 0 Å². The van der Waals surface area contributed by atoms with Gasteiger partial charge in [0.1, 0.15) is 12.4 Å². The number of nitrogens with zero attached hydrogens (tertiary/aromatic N) is 1. The maximum absolute atomic E-state index is 13.1. The number of alkyl halides is 3. The Morgan fingerprint density at radius 3 is 2.59 bits per heavy atom. The topological polar surface area (TPSA) is 94.2 Å². The Balaban J connectivity index is 1.65. The lowest BCUT2D eigenvalue weighted by molar-refractivity contribution is -0.137. The summed E-state index contributed by atoms with van der Waals surface area (Å²) in [6, 6.07) is 8.88. The molecule has 182 valence electrons. The molecule has 0 unspecified atom stereocenters. The fourth-order valence-electron chi connectivity index (χ4n) is 3.29. The highest BCUT2D eigenvalue weighted by atomic mass is 19.4. The molecule has 2 aromatic rings. The van der Waals surface area contributed by atoms with Crippen LogP contribution in [0.5, 0.6) is 5.75 Å². The van der Waals surface area contributed by atoms with Crippen LogP contribution in [0, 0.1) is 0 Å². The van der Waals surface area contributed by atoms with Crippen LogP contribution in [-0.4, -0.2) is 51.3 Å². The summed E-state index contributed by atoms with van der Waals surface area (Å²) < 4.78 is 54.5. The minimum absolute atomic E-state index is 0.00714. The van der Waals surface area contributed by atoms with Gasteiger partial charge in [0.05, 0.1) is 23.4 Å². The summed E-state index contributed by atoms with van der Waals surface area (Å²) in [7, 11) is 1.44. The zero-order chi connectivity index (χ0) is 24.7. The van der Waals surface area contributed by atoms with Crippen LogP contribution in [-0.2, 0) is 25.2 Å². The van der Waals surface area contributed by atoms with Crippen molar-refractivity contribution in [1.82, 2.24) is 0 Å². The van der Waals surface area contributed by atoms with Gasteiger partial charge in [-0.05, 0) is 42.8 Å². The zero-order valence-electron chi connectivity index (χ0n) is 18.3. The normalized spacial score (nSPS) is 13.6. The summed E-state index contributed by atoms with van der Waals surface area (Å²) in [5.74, 6) is -1.71. The van der Waals surface area contributed by atoms with Crippen LogP contribution in [0.4, 0.5) is 24.5 Å². The van der Waals surface area contributed by atoms with Crippen molar-refractivity contribution < 1.29 is 41.8 Å². The Labute approximate surface area is 193 Å². The fraction of sp³-hybridized carbons (Fsp3) is 0.348. The number of ether oxygens (including phenoxy) is 3. The Kier molecular flexibility index (Phi) is 8.11. The summed E-state index contributed by atoms with van der Waals surface area (Å²) in [6.45, 7) is 0.0503. The molecule has 0 aliphatic carbocycles. The number of amides is 2. The third kappa shape index (κ3) is 6.47. The number of methoxy groups -OCH3 is 1. The molecule has 1 saturated heterocycles. The largest absolute Gasteiger partial charge is 0.489 e. The van der Waals surface area contributed by atoms with E-state index in [1.165, 1.54) is 19.2 Å². The number of carbonyl (C=O) groups excluding carboxylic acids is 3. The summed E-state index contributed by atoms with van der Waals surface area (Å²) in [4.78, 5) is 38.2. The van der Waals surface area contributed by atoms with E-state index in [4.69, 9.17) is 14.2 Å². The maximum atomic E-state index is 13.1. The number of hydrogen-bond donors (Lipinski definition) is 1. The van der Waals surface area contributed by atoms with E-state index >= 15 is 0 Å². The van der Waals surface area contributed by atoms with E-state index in [1.54, 1.807) is 17.0 Å². The molecule has 1 aliphatic heterocycles. The molecule has 8 nitrogen and oxygen atoms in total. The molecular weight excluding hydrogens is 457 g/mol. The lowest BCUT2D eigenvalue weighted by atomic mass is 10.1. The van der Waals surface area contributed by atoms with Crippen molar-refractivity contribution in [2.24, 2.45) is 0 Å². The minimum atomic E-state index is -4.63. The molecule has 11 heteroatoms. The number of nitrogens with one attached hydrogen (secondary N) is 1. The highest BCUT2D eigenvalue weighted by Gasteiger charge is 2.31. The van der Waals surface area contributed by atoms with Crippen LogP contribution in [0.25, 0.3) is 0 Å². The van der Waals surface area contributed by atoms with E-state index in [0.717, 1.165) is 24.6 Å². The number of rotatable bonds is 9. The Morgan fingerprint density at radius 2 is 1.91 bits per heavy atom. The molecule has 0 radical (unpaired) electrons. The van der Waals surface area contributed by atoms with E-state index < -0.39 is 30.2 Å². The molecule has 34 heavy (non-hydrogen) atoms. The molecule has 0 spiro atoms. The molecule has 3 rings (SSSR count). The first-order chi connectivity index (χ1) is 16.2. The van der Waals surface area contributed by atoms with Gasteiger partial charge in [-0.25, -0.2) is 4.79 Å². The third-order valence-corrected chi connectivity index (χ3v) is 4.93. The van der Waals surface area contributed by atoms with Crippen LogP contribution < -0.4 is 15.0 Å². The maximum Gasteiger partial charge on any atom is 0.416 e. The van der Waals surface area contributed by atoms with Gasteiger partial charge in [0, 0.05) is 25.8 Å². The van der Waals surface area contributed by atoms with Gasteiger partial charge in [-0.2, -0.15) is 13.2 Å². The smallest absolute Gasteiger partial charge is 0.416 e. The molecule has 0 bridgehead atoms. The van der Waals surface area contributed by atoms with Crippen LogP contribution in [0.3, 0.4) is 0 Å². The van der Waals surface area contributed by atoms with Gasteiger partial charge in [0.25, 0.3) is 5.91 Å². The summed E-state index contributed by atoms with van der Waals surface area (Å²) in [5.41, 5.74) is -0.524. The molecule has 0 aromatic heterocycles. The Hall–Kier alpha value is -3.60. The predicted octanol–water partition coefficient (Wildman–Crippen LogP) is 3.65. The molecule has 1 N–H and O–H groups in total. The molecule has 1 heterocycles. The van der Waals surface area contributed by atoms with Gasteiger partial charge in [0.15, 0.2) is 6.61 Å². The lowest BCUT2D eigenvalue weighted by Gasteiger charge is -2.16. The average molecular weight is 480 g/mol. The second kappa shape index (κ2) is 11.0. The number of hydrogen-bond acceptors (Lipinski definition) is 6.